The lowest BCUT2D eigenvalue weighted by Crippen LogP contribution is -3.00. The van der Waals surface area contributed by atoms with Gasteiger partial charge in [-0.3, -0.25) is 0 Å². The van der Waals surface area contributed by atoms with Crippen molar-refractivity contribution in [3.8, 4) is 0 Å². The lowest BCUT2D eigenvalue weighted by molar-refractivity contribution is -0.420. The molecule has 0 amide bonds. The molecule has 33 heavy (non-hydrogen) atoms. The summed E-state index contributed by atoms with van der Waals surface area (Å²) >= 11 is 0. The molecule has 0 aliphatic rings. The second kappa shape index (κ2) is 12.5. The summed E-state index contributed by atoms with van der Waals surface area (Å²) in [6.07, 6.45) is 0. The minimum Gasteiger partial charge on any atom is -1.00 e. The number of benzene rings is 2. The van der Waals surface area contributed by atoms with E-state index in [1.807, 2.05) is 20.8 Å². The first-order valence-electron chi connectivity index (χ1n) is 11.6. The summed E-state index contributed by atoms with van der Waals surface area (Å²) in [5, 5.41) is 0. The van der Waals surface area contributed by atoms with Gasteiger partial charge < -0.3 is 18.1 Å². The van der Waals surface area contributed by atoms with E-state index in [9.17, 15) is 4.21 Å². The molecule has 3 nitrogen and oxygen atoms in total. The third-order valence-electron chi connectivity index (χ3n) is 5.46. The molecule has 2 rings (SSSR count). The molecular weight excluding hydrogens is 448 g/mol. The average molecular weight is 495 g/mol. The van der Waals surface area contributed by atoms with E-state index in [0.717, 1.165) is 0 Å². The summed E-state index contributed by atoms with van der Waals surface area (Å²) < 4.78 is 15.0. The van der Waals surface area contributed by atoms with Gasteiger partial charge in [-0.15, -0.1) is 0 Å². The first-order chi connectivity index (χ1) is 14.4. The number of hydrogen-bond acceptors (Lipinski definition) is 1. The Labute approximate surface area is 212 Å². The number of hydrogen-bond donors (Lipinski definition) is 2. The predicted molar refractivity (Wildman–Crippen MR) is 141 cm³/mol. The molecule has 0 saturated carbocycles. The van der Waals surface area contributed by atoms with Gasteiger partial charge in [-0.1, -0.05) is 90.1 Å². The second-order valence-electron chi connectivity index (χ2n) is 11.9. The zero-order valence-electron chi connectivity index (χ0n) is 22.7. The van der Waals surface area contributed by atoms with Gasteiger partial charge in [0.15, 0.2) is 0 Å². The summed E-state index contributed by atoms with van der Waals surface area (Å²) in [4.78, 5) is 0. The Morgan fingerprint density at radius 2 is 1.03 bits per heavy atom. The number of halogens is 1. The van der Waals surface area contributed by atoms with Crippen molar-refractivity contribution in [3.63, 3.8) is 0 Å². The van der Waals surface area contributed by atoms with Crippen LogP contribution in [0, 0.1) is 0 Å². The van der Waals surface area contributed by atoms with Crippen LogP contribution in [0.3, 0.4) is 0 Å². The molecule has 0 unspecified atom stereocenters. The fourth-order valence-corrected chi connectivity index (χ4v) is 3.80. The third kappa shape index (κ3) is 10.7. The van der Waals surface area contributed by atoms with Crippen LogP contribution in [-0.4, -0.2) is 8.96 Å². The lowest BCUT2D eigenvalue weighted by atomic mass is 9.86. The van der Waals surface area contributed by atoms with Crippen LogP contribution < -0.4 is 22.9 Å². The molecule has 0 saturated heterocycles. The van der Waals surface area contributed by atoms with E-state index in [4.69, 9.17) is 0 Å². The van der Waals surface area contributed by atoms with Crippen LogP contribution in [0.1, 0.15) is 110 Å². The van der Waals surface area contributed by atoms with Gasteiger partial charge in [0, 0.05) is 11.6 Å². The summed E-state index contributed by atoms with van der Waals surface area (Å²) in [5.74, 6) is 0. The maximum absolute atomic E-state index is 12.1. The van der Waals surface area contributed by atoms with Gasteiger partial charge in [0.05, 0.1) is 15.7 Å². The molecule has 0 aliphatic heterocycles. The predicted octanol–water partition coefficient (Wildman–Crippen LogP) is 3.39. The minimum absolute atomic E-state index is 0. The van der Waals surface area contributed by atoms with Gasteiger partial charge in [0.25, 0.3) is 0 Å². The molecule has 0 fully saturated rings. The molecule has 2 aromatic rings. The fourth-order valence-electron chi connectivity index (χ4n) is 2.99. The highest BCUT2D eigenvalue weighted by Gasteiger charge is 2.22. The molecule has 2 aromatic carbocycles. The molecule has 188 valence electrons. The van der Waals surface area contributed by atoms with Crippen molar-refractivity contribution in [1.82, 2.24) is 4.72 Å². The minimum atomic E-state index is -1.04. The van der Waals surface area contributed by atoms with E-state index < -0.39 is 11.0 Å². The van der Waals surface area contributed by atoms with E-state index in [-0.39, 0.29) is 34.0 Å². The largest absolute Gasteiger partial charge is 1.00 e. The second-order valence-corrected chi connectivity index (χ2v) is 13.9. The topological polar surface area (TPSA) is 56.7 Å². The molecular formula is C28H47ClN2OS. The smallest absolute Gasteiger partial charge is 0.107 e. The van der Waals surface area contributed by atoms with Crippen molar-refractivity contribution < 1.29 is 22.3 Å². The molecule has 0 aromatic heterocycles. The van der Waals surface area contributed by atoms with Crippen LogP contribution in [0.4, 0.5) is 0 Å². The van der Waals surface area contributed by atoms with E-state index in [0.29, 0.717) is 6.04 Å². The summed E-state index contributed by atoms with van der Waals surface area (Å²) in [7, 11) is -1.04. The van der Waals surface area contributed by atoms with E-state index >= 15 is 0 Å². The Bertz CT molecular complexity index is 855. The Kier molecular flexibility index (Phi) is 12.0. The quantitative estimate of drug-likeness (QED) is 0.672. The van der Waals surface area contributed by atoms with Gasteiger partial charge >= 0.3 is 0 Å². The highest BCUT2D eigenvalue weighted by molar-refractivity contribution is 7.84. The van der Waals surface area contributed by atoms with Crippen LogP contribution in [0.2, 0.25) is 0 Å². The standard InChI is InChI=1S/C16H27NOS.C12H19N.ClH/c1-12(17-19(18)16(5,6)7)13-8-10-14(11-9-13)15(2,3)4;1-9(13)10-5-7-11(8-6-10)12(2,3)4;/h8-12,17H,1-7H3;5-9H,13H2,1-4H3;1H/t12-,19+;9-;/m00./s1. The van der Waals surface area contributed by atoms with Crippen LogP contribution >= 0.6 is 0 Å². The van der Waals surface area contributed by atoms with Crippen molar-refractivity contribution in [2.45, 2.75) is 104 Å². The fraction of sp³-hybridized carbons (Fsp3) is 0.571. The lowest BCUT2D eigenvalue weighted by Gasteiger charge is -2.23. The summed E-state index contributed by atoms with van der Waals surface area (Å²) in [6, 6.07) is 17.8. The summed E-state index contributed by atoms with van der Waals surface area (Å²) in [5.41, 5.74) is 9.61. The van der Waals surface area contributed by atoms with Crippen molar-refractivity contribution in [3.05, 3.63) is 70.8 Å². The third-order valence-corrected chi connectivity index (χ3v) is 7.14. The molecule has 0 radical (unpaired) electrons. The zero-order chi connectivity index (χ0) is 24.9. The number of rotatable bonds is 4. The Morgan fingerprint density at radius 1 is 0.697 bits per heavy atom. The molecule has 3 atom stereocenters. The van der Waals surface area contributed by atoms with Gasteiger partial charge in [0.1, 0.15) is 6.04 Å². The molecule has 5 heteroatoms. The Morgan fingerprint density at radius 3 is 1.30 bits per heavy atom. The van der Waals surface area contributed by atoms with Crippen LogP contribution in [0.25, 0.3) is 0 Å². The zero-order valence-corrected chi connectivity index (χ0v) is 24.2. The maximum atomic E-state index is 12.1. The van der Waals surface area contributed by atoms with Crippen molar-refractivity contribution in [2.75, 3.05) is 0 Å². The molecule has 4 N–H and O–H groups in total. The van der Waals surface area contributed by atoms with Crippen LogP contribution in [0.5, 0.6) is 0 Å². The number of nitrogens with one attached hydrogen (secondary N) is 1. The van der Waals surface area contributed by atoms with Crippen molar-refractivity contribution in [2.24, 2.45) is 0 Å². The first kappa shape index (κ1) is 31.8. The highest BCUT2D eigenvalue weighted by atomic mass is 35.5. The first-order valence-corrected chi connectivity index (χ1v) is 12.8. The van der Waals surface area contributed by atoms with Crippen molar-refractivity contribution in [1.29, 1.82) is 0 Å². The monoisotopic (exact) mass is 494 g/mol. The average Bonchev–Trinajstić information content (AvgIpc) is 2.66. The van der Waals surface area contributed by atoms with Crippen molar-refractivity contribution >= 4 is 11.0 Å². The number of quaternary nitrogens is 1. The van der Waals surface area contributed by atoms with Crippen LogP contribution in [0.15, 0.2) is 48.5 Å². The van der Waals surface area contributed by atoms with Gasteiger partial charge in [-0.25, -0.2) is 8.93 Å². The van der Waals surface area contributed by atoms with E-state index in [1.54, 1.807) is 0 Å². The van der Waals surface area contributed by atoms with Gasteiger partial charge in [-0.05, 0) is 62.1 Å². The molecule has 0 heterocycles. The SMILES string of the molecule is C[C@H](N[S@](=O)C(C)(C)C)c1ccc(C(C)(C)C)cc1.C[C@H]([NH3+])c1ccc(C(C)(C)C)cc1.[Cl-]. The van der Waals surface area contributed by atoms with Gasteiger partial charge in [0.2, 0.25) is 0 Å². The maximum Gasteiger partial charge on any atom is 0.107 e. The highest BCUT2D eigenvalue weighted by Crippen LogP contribution is 2.25. The Balaban J connectivity index is 0.000000642. The van der Waals surface area contributed by atoms with E-state index in [2.05, 4.69) is 114 Å². The van der Waals surface area contributed by atoms with E-state index in [1.165, 1.54) is 22.3 Å². The van der Waals surface area contributed by atoms with Gasteiger partial charge in [-0.2, -0.15) is 0 Å². The summed E-state index contributed by atoms with van der Waals surface area (Å²) in [6.45, 7) is 23.4. The molecule has 0 bridgehead atoms. The Hall–Kier alpha value is -1.20. The normalized spacial score (nSPS) is 14.9. The molecule has 0 aliphatic carbocycles. The molecule has 0 spiro atoms. The van der Waals surface area contributed by atoms with Crippen LogP contribution in [-0.2, 0) is 21.8 Å².